The molecule has 0 bridgehead atoms. The monoisotopic (exact) mass is 327 g/mol. The van der Waals surface area contributed by atoms with Gasteiger partial charge in [0.25, 0.3) is 5.91 Å². The van der Waals surface area contributed by atoms with Crippen molar-refractivity contribution < 1.29 is 9.53 Å². The smallest absolute Gasteiger partial charge is 0.254 e. The van der Waals surface area contributed by atoms with Gasteiger partial charge in [0.05, 0.1) is 29.9 Å². The molecule has 5 heteroatoms. The minimum absolute atomic E-state index is 0.0225. The zero-order chi connectivity index (χ0) is 17.3. The van der Waals surface area contributed by atoms with E-state index in [1.54, 1.807) is 12.4 Å². The number of aromatic nitrogens is 2. The summed E-state index contributed by atoms with van der Waals surface area (Å²) in [6, 6.07) is 6.13. The third-order valence-electron chi connectivity index (χ3n) is 4.37. The van der Waals surface area contributed by atoms with E-state index in [-0.39, 0.29) is 17.5 Å². The van der Waals surface area contributed by atoms with Gasteiger partial charge in [0.15, 0.2) is 0 Å². The normalized spacial score (nSPS) is 17.1. The van der Waals surface area contributed by atoms with E-state index in [0.29, 0.717) is 12.2 Å². The zero-order valence-electron chi connectivity index (χ0n) is 14.8. The van der Waals surface area contributed by atoms with E-state index in [1.165, 1.54) is 5.56 Å². The fraction of sp³-hybridized carbons (Fsp3) is 0.474. The van der Waals surface area contributed by atoms with Crippen LogP contribution in [-0.4, -0.2) is 22.3 Å². The predicted octanol–water partition coefficient (Wildman–Crippen LogP) is 3.45. The summed E-state index contributed by atoms with van der Waals surface area (Å²) in [5, 5.41) is 7.44. The maximum Gasteiger partial charge on any atom is 0.254 e. The molecule has 0 fully saturated rings. The van der Waals surface area contributed by atoms with E-state index in [0.717, 1.165) is 24.2 Å². The standard InChI is InChI=1S/C19H25N3O2/c1-5-13-7-6-8-15-16(9-10-24-17(13)15)21-18(23)14-11-20-22(12-14)19(2,3)4/h6-8,11-12,16H,5,9-10H2,1-4H3,(H,21,23). The quantitative estimate of drug-likeness (QED) is 0.939. The van der Waals surface area contributed by atoms with Crippen molar-refractivity contribution in [2.45, 2.75) is 52.1 Å². The van der Waals surface area contributed by atoms with Crippen molar-refractivity contribution in [3.63, 3.8) is 0 Å². The first-order valence-electron chi connectivity index (χ1n) is 8.50. The first-order valence-corrected chi connectivity index (χ1v) is 8.50. The van der Waals surface area contributed by atoms with E-state index in [9.17, 15) is 4.79 Å². The molecule has 2 aromatic rings. The number of ether oxygens (including phenoxy) is 1. The molecule has 1 aliphatic rings. The highest BCUT2D eigenvalue weighted by Crippen LogP contribution is 2.35. The number of carbonyl (C=O) groups is 1. The van der Waals surface area contributed by atoms with Gasteiger partial charge in [-0.05, 0) is 32.8 Å². The summed E-state index contributed by atoms with van der Waals surface area (Å²) in [5.41, 5.74) is 2.70. The average Bonchev–Trinajstić information content (AvgIpc) is 3.05. The molecule has 0 saturated carbocycles. The molecule has 1 aromatic carbocycles. The second kappa shape index (κ2) is 6.30. The molecular formula is C19H25N3O2. The number of hydrogen-bond donors (Lipinski definition) is 1. The largest absolute Gasteiger partial charge is 0.493 e. The highest BCUT2D eigenvalue weighted by molar-refractivity contribution is 5.94. The van der Waals surface area contributed by atoms with Gasteiger partial charge in [0.2, 0.25) is 0 Å². The van der Waals surface area contributed by atoms with Gasteiger partial charge in [0.1, 0.15) is 5.75 Å². The fourth-order valence-corrected chi connectivity index (χ4v) is 2.97. The minimum atomic E-state index is -0.139. The van der Waals surface area contributed by atoms with Crippen molar-refractivity contribution in [2.24, 2.45) is 0 Å². The number of hydrogen-bond acceptors (Lipinski definition) is 3. The van der Waals surface area contributed by atoms with Gasteiger partial charge in [-0.25, -0.2) is 0 Å². The molecule has 128 valence electrons. The predicted molar refractivity (Wildman–Crippen MR) is 93.4 cm³/mol. The molecule has 24 heavy (non-hydrogen) atoms. The van der Waals surface area contributed by atoms with Crippen molar-refractivity contribution in [2.75, 3.05) is 6.61 Å². The number of para-hydroxylation sites is 1. The number of nitrogens with zero attached hydrogens (tertiary/aromatic N) is 2. The van der Waals surface area contributed by atoms with Crippen LogP contribution in [0.5, 0.6) is 5.75 Å². The van der Waals surface area contributed by atoms with E-state index in [4.69, 9.17) is 4.74 Å². The van der Waals surface area contributed by atoms with Crippen LogP contribution < -0.4 is 10.1 Å². The van der Waals surface area contributed by atoms with Gasteiger partial charge in [-0.3, -0.25) is 9.48 Å². The van der Waals surface area contributed by atoms with Crippen molar-refractivity contribution in [3.05, 3.63) is 47.3 Å². The summed E-state index contributed by atoms with van der Waals surface area (Å²) >= 11 is 0. The molecule has 1 atom stereocenters. The van der Waals surface area contributed by atoms with Crippen LogP contribution in [0.3, 0.4) is 0 Å². The Bertz CT molecular complexity index is 743. The van der Waals surface area contributed by atoms with Crippen LogP contribution in [0.25, 0.3) is 0 Å². The Kier molecular flexibility index (Phi) is 4.35. The summed E-state index contributed by atoms with van der Waals surface area (Å²) in [5.74, 6) is 0.840. The summed E-state index contributed by atoms with van der Waals surface area (Å²) < 4.78 is 7.66. The second-order valence-corrected chi connectivity index (χ2v) is 7.20. The molecule has 1 aromatic heterocycles. The average molecular weight is 327 g/mol. The highest BCUT2D eigenvalue weighted by Gasteiger charge is 2.26. The Labute approximate surface area is 143 Å². The van der Waals surface area contributed by atoms with Crippen LogP contribution in [-0.2, 0) is 12.0 Å². The molecule has 0 radical (unpaired) electrons. The maximum absolute atomic E-state index is 12.6. The Hall–Kier alpha value is -2.30. The molecule has 0 spiro atoms. The van der Waals surface area contributed by atoms with E-state index < -0.39 is 0 Å². The molecule has 5 nitrogen and oxygen atoms in total. The lowest BCUT2D eigenvalue weighted by atomic mass is 9.96. The number of rotatable bonds is 3. The van der Waals surface area contributed by atoms with Gasteiger partial charge < -0.3 is 10.1 Å². The Morgan fingerprint density at radius 3 is 2.88 bits per heavy atom. The summed E-state index contributed by atoms with van der Waals surface area (Å²) in [4.78, 5) is 12.6. The Morgan fingerprint density at radius 2 is 2.21 bits per heavy atom. The number of carbonyl (C=O) groups excluding carboxylic acids is 1. The number of benzene rings is 1. The third-order valence-corrected chi connectivity index (χ3v) is 4.37. The van der Waals surface area contributed by atoms with Gasteiger partial charge in [-0.15, -0.1) is 0 Å². The van der Waals surface area contributed by atoms with Gasteiger partial charge in [-0.1, -0.05) is 25.1 Å². The molecule has 1 aliphatic heterocycles. The molecular weight excluding hydrogens is 302 g/mol. The summed E-state index contributed by atoms with van der Waals surface area (Å²) in [6.45, 7) is 8.91. The van der Waals surface area contributed by atoms with Gasteiger partial charge in [0, 0.05) is 18.2 Å². The lowest BCUT2D eigenvalue weighted by Gasteiger charge is -2.28. The zero-order valence-corrected chi connectivity index (χ0v) is 14.8. The number of aryl methyl sites for hydroxylation is 1. The van der Waals surface area contributed by atoms with Crippen LogP contribution in [0.1, 0.15) is 61.6 Å². The van der Waals surface area contributed by atoms with Crippen LogP contribution in [0.2, 0.25) is 0 Å². The molecule has 2 heterocycles. The third kappa shape index (κ3) is 3.16. The van der Waals surface area contributed by atoms with E-state index in [1.807, 2.05) is 16.8 Å². The number of nitrogens with one attached hydrogen (secondary N) is 1. The highest BCUT2D eigenvalue weighted by atomic mass is 16.5. The lowest BCUT2D eigenvalue weighted by molar-refractivity contribution is 0.0924. The molecule has 1 N–H and O–H groups in total. The van der Waals surface area contributed by atoms with Crippen LogP contribution in [0, 0.1) is 0 Å². The Morgan fingerprint density at radius 1 is 1.42 bits per heavy atom. The minimum Gasteiger partial charge on any atom is -0.493 e. The maximum atomic E-state index is 12.6. The van der Waals surface area contributed by atoms with Gasteiger partial charge >= 0.3 is 0 Å². The molecule has 1 amide bonds. The molecule has 1 unspecified atom stereocenters. The van der Waals surface area contributed by atoms with Crippen LogP contribution >= 0.6 is 0 Å². The first kappa shape index (κ1) is 16.6. The second-order valence-electron chi connectivity index (χ2n) is 7.20. The SMILES string of the molecule is CCc1cccc2c1OCCC2NC(=O)c1cnn(C(C)(C)C)c1. The molecule has 0 saturated heterocycles. The topological polar surface area (TPSA) is 56.1 Å². The van der Waals surface area contributed by atoms with Crippen molar-refractivity contribution in [1.82, 2.24) is 15.1 Å². The lowest BCUT2D eigenvalue weighted by Crippen LogP contribution is -2.32. The van der Waals surface area contributed by atoms with E-state index >= 15 is 0 Å². The van der Waals surface area contributed by atoms with Gasteiger partial charge in [-0.2, -0.15) is 5.10 Å². The van der Waals surface area contributed by atoms with Crippen molar-refractivity contribution in [3.8, 4) is 5.75 Å². The summed E-state index contributed by atoms with van der Waals surface area (Å²) in [7, 11) is 0. The molecule has 3 rings (SSSR count). The molecule has 0 aliphatic carbocycles. The fourth-order valence-electron chi connectivity index (χ4n) is 2.97. The summed E-state index contributed by atoms with van der Waals surface area (Å²) in [6.07, 6.45) is 5.13. The number of fused-ring (bicyclic) bond motifs is 1. The van der Waals surface area contributed by atoms with E-state index in [2.05, 4.69) is 44.2 Å². The van der Waals surface area contributed by atoms with Crippen molar-refractivity contribution in [1.29, 1.82) is 0 Å². The first-order chi connectivity index (χ1) is 11.4. The number of amides is 1. The van der Waals surface area contributed by atoms with Crippen molar-refractivity contribution >= 4 is 5.91 Å². The Balaban J connectivity index is 1.80. The van der Waals surface area contributed by atoms with Crippen LogP contribution in [0.15, 0.2) is 30.6 Å². The van der Waals surface area contributed by atoms with Crippen LogP contribution in [0.4, 0.5) is 0 Å².